The zero-order valence-electron chi connectivity index (χ0n) is 9.48. The summed E-state index contributed by atoms with van der Waals surface area (Å²) < 4.78 is 0. The molecule has 0 bridgehead atoms. The lowest BCUT2D eigenvalue weighted by Gasteiger charge is -2.11. The van der Waals surface area contributed by atoms with E-state index in [2.05, 4.69) is 4.98 Å². The molecule has 0 fully saturated rings. The Labute approximate surface area is 116 Å². The van der Waals surface area contributed by atoms with Gasteiger partial charge in [0.05, 0.1) is 0 Å². The van der Waals surface area contributed by atoms with E-state index in [-0.39, 0.29) is 5.75 Å². The molecule has 0 saturated heterocycles. The fraction of sp³-hybridized carbons (Fsp3) is 0.200. The average molecular weight is 302 g/mol. The number of rotatable bonds is 6. The van der Waals surface area contributed by atoms with Crippen LogP contribution in [0.5, 0.6) is 0 Å². The molecular formula is C10H10N2O5S2. The first kappa shape index (κ1) is 15.3. The van der Waals surface area contributed by atoms with Crippen LogP contribution in [-0.4, -0.2) is 44.8 Å². The van der Waals surface area contributed by atoms with Crippen molar-refractivity contribution >= 4 is 39.4 Å². The molecule has 1 heterocycles. The number of carboxylic acid groups (broad SMARTS) is 2. The lowest BCUT2D eigenvalue weighted by molar-refractivity contribution is -0.151. The van der Waals surface area contributed by atoms with Crippen molar-refractivity contribution in [3.63, 3.8) is 0 Å². The third-order valence-corrected chi connectivity index (χ3v) is 4.23. The van der Waals surface area contributed by atoms with Gasteiger partial charge >= 0.3 is 17.8 Å². The molecule has 0 aliphatic heterocycles. The molecule has 1 aromatic rings. The van der Waals surface area contributed by atoms with Gasteiger partial charge in [-0.2, -0.15) is 0 Å². The summed E-state index contributed by atoms with van der Waals surface area (Å²) in [7, 11) is 2.51. The van der Waals surface area contributed by atoms with Gasteiger partial charge in [-0.3, -0.25) is 9.78 Å². The van der Waals surface area contributed by atoms with Crippen LogP contribution in [-0.2, 0) is 14.4 Å². The van der Waals surface area contributed by atoms with Gasteiger partial charge in [0.1, 0.15) is 6.04 Å². The van der Waals surface area contributed by atoms with Crippen LogP contribution in [0.25, 0.3) is 0 Å². The van der Waals surface area contributed by atoms with Crippen molar-refractivity contribution in [2.45, 2.75) is 10.9 Å². The van der Waals surface area contributed by atoms with Crippen LogP contribution in [0.15, 0.2) is 29.4 Å². The summed E-state index contributed by atoms with van der Waals surface area (Å²) in [5, 5.41) is 19.2. The number of nitrogens with zero attached hydrogens (tertiary/aromatic N) is 1. The maximum atomic E-state index is 10.9. The van der Waals surface area contributed by atoms with E-state index in [0.29, 0.717) is 0 Å². The fourth-order valence-corrected chi connectivity index (χ4v) is 3.11. The molecular weight excluding hydrogens is 292 g/mol. The highest BCUT2D eigenvalue weighted by molar-refractivity contribution is 8.76. The summed E-state index contributed by atoms with van der Waals surface area (Å²) in [4.78, 5) is 36.8. The van der Waals surface area contributed by atoms with E-state index in [4.69, 9.17) is 10.2 Å². The monoisotopic (exact) mass is 302 g/mol. The highest BCUT2D eigenvalue weighted by Crippen LogP contribution is 2.30. The lowest BCUT2D eigenvalue weighted by Crippen LogP contribution is -2.45. The number of carbonyl (C=O) groups is 3. The molecule has 102 valence electrons. The van der Waals surface area contributed by atoms with E-state index in [1.807, 2.05) is 5.32 Å². The van der Waals surface area contributed by atoms with Crippen LogP contribution in [0.3, 0.4) is 0 Å². The lowest BCUT2D eigenvalue weighted by atomic mass is 10.3. The number of carboxylic acids is 2. The zero-order chi connectivity index (χ0) is 14.3. The highest BCUT2D eigenvalue weighted by atomic mass is 33.1. The van der Waals surface area contributed by atoms with Gasteiger partial charge < -0.3 is 15.5 Å². The van der Waals surface area contributed by atoms with Crippen molar-refractivity contribution in [2.75, 3.05) is 5.75 Å². The Morgan fingerprint density at radius 2 is 1.89 bits per heavy atom. The molecule has 3 N–H and O–H groups in total. The number of amides is 1. The Morgan fingerprint density at radius 1 is 1.26 bits per heavy atom. The van der Waals surface area contributed by atoms with Gasteiger partial charge in [-0.25, -0.2) is 9.59 Å². The molecule has 1 atom stereocenters. The first-order chi connectivity index (χ1) is 9.00. The van der Waals surface area contributed by atoms with Crippen LogP contribution < -0.4 is 5.32 Å². The van der Waals surface area contributed by atoms with Gasteiger partial charge in [-0.05, 0) is 12.1 Å². The molecule has 19 heavy (non-hydrogen) atoms. The van der Waals surface area contributed by atoms with Crippen LogP contribution in [0, 0.1) is 0 Å². The Balaban J connectivity index is 2.44. The fourth-order valence-electron chi connectivity index (χ4n) is 0.959. The van der Waals surface area contributed by atoms with Crippen LogP contribution in [0.4, 0.5) is 0 Å². The predicted molar refractivity (Wildman–Crippen MR) is 69.8 cm³/mol. The third kappa shape index (κ3) is 5.62. The number of aromatic nitrogens is 1. The van der Waals surface area contributed by atoms with E-state index < -0.39 is 23.9 Å². The average Bonchev–Trinajstić information content (AvgIpc) is 2.38. The molecule has 0 radical (unpaired) electrons. The van der Waals surface area contributed by atoms with Gasteiger partial charge in [0.2, 0.25) is 0 Å². The van der Waals surface area contributed by atoms with Crippen molar-refractivity contribution in [3.8, 4) is 0 Å². The highest BCUT2D eigenvalue weighted by Gasteiger charge is 2.23. The minimum absolute atomic E-state index is 0.0430. The Bertz CT molecular complexity index is 468. The first-order valence-corrected chi connectivity index (χ1v) is 7.28. The quantitative estimate of drug-likeness (QED) is 0.513. The van der Waals surface area contributed by atoms with Crippen molar-refractivity contribution in [1.29, 1.82) is 0 Å². The Hall–Kier alpha value is -1.74. The van der Waals surface area contributed by atoms with E-state index in [1.54, 1.807) is 24.5 Å². The molecule has 1 amide bonds. The van der Waals surface area contributed by atoms with Gasteiger partial charge in [0.25, 0.3) is 0 Å². The number of pyridine rings is 1. The second-order valence-electron chi connectivity index (χ2n) is 3.22. The number of hydrogen-bond acceptors (Lipinski definition) is 6. The molecule has 0 aliphatic carbocycles. The normalized spacial score (nSPS) is 11.6. The third-order valence-electron chi connectivity index (χ3n) is 1.84. The maximum absolute atomic E-state index is 10.9. The van der Waals surface area contributed by atoms with Gasteiger partial charge in [0, 0.05) is 23.0 Å². The minimum atomic E-state index is -1.71. The number of carbonyl (C=O) groups excluding carboxylic acids is 1. The second kappa shape index (κ2) is 7.64. The zero-order valence-corrected chi connectivity index (χ0v) is 11.1. The summed E-state index contributed by atoms with van der Waals surface area (Å²) in [6, 6.07) is 2.26. The number of hydrogen-bond donors (Lipinski definition) is 3. The minimum Gasteiger partial charge on any atom is -0.480 e. The largest absolute Gasteiger partial charge is 0.480 e. The summed E-state index contributed by atoms with van der Waals surface area (Å²) in [5.74, 6) is -4.28. The van der Waals surface area contributed by atoms with Gasteiger partial charge in [0.15, 0.2) is 0 Å². The van der Waals surface area contributed by atoms with Crippen LogP contribution >= 0.6 is 21.6 Å². The Kier molecular flexibility index (Phi) is 6.16. The molecule has 1 aromatic heterocycles. The molecule has 0 saturated carbocycles. The number of aliphatic carboxylic acids is 2. The number of nitrogens with one attached hydrogen (secondary N) is 1. The molecule has 9 heteroatoms. The van der Waals surface area contributed by atoms with E-state index >= 15 is 0 Å². The van der Waals surface area contributed by atoms with Crippen molar-refractivity contribution < 1.29 is 24.6 Å². The van der Waals surface area contributed by atoms with Crippen molar-refractivity contribution in [1.82, 2.24) is 10.3 Å². The van der Waals surface area contributed by atoms with E-state index in [9.17, 15) is 14.4 Å². The van der Waals surface area contributed by atoms with Crippen LogP contribution in [0.2, 0.25) is 0 Å². The Morgan fingerprint density at radius 3 is 2.42 bits per heavy atom. The summed E-state index contributed by atoms with van der Waals surface area (Å²) in [5.41, 5.74) is 0. The van der Waals surface area contributed by atoms with Crippen molar-refractivity contribution in [2.24, 2.45) is 0 Å². The van der Waals surface area contributed by atoms with Gasteiger partial charge in [-0.1, -0.05) is 21.6 Å². The second-order valence-corrected chi connectivity index (χ2v) is 5.63. The van der Waals surface area contributed by atoms with Crippen LogP contribution in [0.1, 0.15) is 0 Å². The smallest absolute Gasteiger partial charge is 0.394 e. The molecule has 0 spiro atoms. The van der Waals surface area contributed by atoms with Crippen molar-refractivity contribution in [3.05, 3.63) is 24.5 Å². The van der Waals surface area contributed by atoms with E-state index in [1.165, 1.54) is 21.6 Å². The first-order valence-electron chi connectivity index (χ1n) is 4.97. The topological polar surface area (TPSA) is 117 Å². The summed E-state index contributed by atoms with van der Waals surface area (Å²) in [6.07, 6.45) is 3.20. The maximum Gasteiger partial charge on any atom is 0.394 e. The predicted octanol–water partition coefficient (Wildman–Crippen LogP) is 0.476. The standard InChI is InChI=1S/C10H10N2O5S2/c13-8(10(16)17)12-7(9(14)15)5-18-19-6-1-3-11-4-2-6/h1-4,7H,5H2,(H,12,13)(H,14,15)(H,16,17)/t7-/m0/s1. The molecule has 0 unspecified atom stereocenters. The van der Waals surface area contributed by atoms with E-state index in [0.717, 1.165) is 4.90 Å². The summed E-state index contributed by atoms with van der Waals surface area (Å²) >= 11 is 0. The van der Waals surface area contributed by atoms with Gasteiger partial charge in [-0.15, -0.1) is 0 Å². The molecule has 0 aliphatic rings. The molecule has 1 rings (SSSR count). The summed E-state index contributed by atoms with van der Waals surface area (Å²) in [6.45, 7) is 0. The SMILES string of the molecule is O=C(O)C(=O)N[C@@H](CSSc1ccncc1)C(=O)O. The molecule has 7 nitrogen and oxygen atoms in total. The molecule has 0 aromatic carbocycles.